The summed E-state index contributed by atoms with van der Waals surface area (Å²) in [6.07, 6.45) is 5.42. The Kier molecular flexibility index (Phi) is 24.8. The highest BCUT2D eigenvalue weighted by molar-refractivity contribution is 9.10. The molecule has 0 radical (unpaired) electrons. The third kappa shape index (κ3) is 18.7. The van der Waals surface area contributed by atoms with Crippen molar-refractivity contribution in [1.29, 1.82) is 0 Å². The Morgan fingerprint density at radius 2 is 1.06 bits per heavy atom. The van der Waals surface area contributed by atoms with Crippen molar-refractivity contribution < 1.29 is 70.1 Å². The normalized spacial score (nSPS) is 20.5. The fourth-order valence-electron chi connectivity index (χ4n) is 18.5. The number of carbonyl (C=O) groups is 8. The minimum absolute atomic E-state index is 0.0127. The van der Waals surface area contributed by atoms with Gasteiger partial charge >= 0.3 is 17.8 Å². The molecule has 2 atom stereocenters. The Bertz CT molecular complexity index is 5770. The summed E-state index contributed by atoms with van der Waals surface area (Å²) in [4.78, 5) is 121. The van der Waals surface area contributed by atoms with Gasteiger partial charge in [-0.1, -0.05) is 69.7 Å². The number of piperidine rings is 2. The molecule has 10 aromatic rings. The van der Waals surface area contributed by atoms with E-state index in [1.165, 1.54) is 21.1 Å². The van der Waals surface area contributed by atoms with Crippen molar-refractivity contribution >= 4 is 129 Å². The third-order valence-electron chi connectivity index (χ3n) is 25.2. The summed E-state index contributed by atoms with van der Waals surface area (Å²) in [5.74, 6) is -10.8. The van der Waals surface area contributed by atoms with Crippen molar-refractivity contribution in [3.63, 3.8) is 0 Å². The number of alkyl halides is 4. The van der Waals surface area contributed by atoms with E-state index in [0.29, 0.717) is 149 Å². The topological polar surface area (TPSA) is 278 Å². The number of halogens is 5. The minimum Gasteiger partial charge on any atom is -0.490 e. The second kappa shape index (κ2) is 35.7. The lowest BCUT2D eigenvalue weighted by molar-refractivity contribution is -0.161. The number of anilines is 4. The molecule has 7 amide bonds. The molecule has 4 saturated heterocycles. The van der Waals surface area contributed by atoms with E-state index in [2.05, 4.69) is 61.8 Å². The first-order valence-electron chi connectivity index (χ1n) is 42.8. The minimum atomic E-state index is -3.52. The molecule has 31 heteroatoms. The smallest absolute Gasteiger partial charge is 0.358 e. The van der Waals surface area contributed by atoms with Gasteiger partial charge in [0.05, 0.1) is 56.7 Å². The van der Waals surface area contributed by atoms with Crippen molar-refractivity contribution in [2.45, 2.75) is 179 Å². The van der Waals surface area contributed by atoms with Crippen molar-refractivity contribution in [2.75, 3.05) is 78.9 Å². The number of rotatable bonds is 19. The average molecular weight is 1780 g/mol. The number of hydrogen-bond donors (Lipinski definition) is 3. The molecule has 7 aliphatic rings. The zero-order chi connectivity index (χ0) is 87.2. The van der Waals surface area contributed by atoms with Crippen molar-refractivity contribution in [1.82, 2.24) is 50.0 Å². The van der Waals surface area contributed by atoms with Gasteiger partial charge in [-0.2, -0.15) is 27.8 Å². The van der Waals surface area contributed by atoms with E-state index in [1.54, 1.807) is 16.4 Å². The Balaban J connectivity index is 0.000000213. The van der Waals surface area contributed by atoms with E-state index < -0.39 is 59.9 Å². The first kappa shape index (κ1) is 86.2. The molecule has 0 bridgehead atoms. The van der Waals surface area contributed by atoms with Crippen LogP contribution < -0.4 is 40.1 Å². The Morgan fingerprint density at radius 1 is 0.548 bits per heavy atom. The monoisotopic (exact) mass is 1780 g/mol. The number of thiazole rings is 1. The number of aromatic nitrogens is 6. The average Bonchev–Trinajstić information content (AvgIpc) is 1.51. The second-order valence-corrected chi connectivity index (χ2v) is 36.6. The van der Waals surface area contributed by atoms with Crippen LogP contribution in [0.1, 0.15) is 177 Å². The van der Waals surface area contributed by atoms with Crippen LogP contribution in [-0.4, -0.2) is 175 Å². The van der Waals surface area contributed by atoms with Crippen LogP contribution in [0, 0.1) is 25.7 Å². The molecule has 17 rings (SSSR count). The number of benzene rings is 6. The molecule has 650 valence electrons. The summed E-state index contributed by atoms with van der Waals surface area (Å²) in [7, 11) is 3.61. The lowest BCUT2D eigenvalue weighted by Gasteiger charge is -2.38. The SMILES string of the molecule is Cc1c(Br)cccc1OC1CCC(CC(F)(F)C(=O)N2CCN(c3ccc4c(C5CCC(=O)NC5=O)nn(C)c4c3)CC2)CC1.Cc1c(OC2CCC(CC(F)(F)C(=O)N3CCN(c4ccc5c(C6CCC(=O)NC6=O)nn(C)c5c4)CC3)CC2)cccc1-c1ccc(N2CCc3cccc(C(=O)Nc4nc5ccccc5s4)c3C2)nc1C(=O)OC(C)(C)C. The maximum Gasteiger partial charge on any atom is 0.358 e. The predicted octanol–water partition coefficient (Wildman–Crippen LogP) is 15.6. The number of imide groups is 2. The number of amides is 7. The third-order valence-corrected chi connectivity index (χ3v) is 27.1. The Morgan fingerprint density at radius 3 is 1.59 bits per heavy atom. The fourth-order valence-corrected chi connectivity index (χ4v) is 19.7. The molecule has 25 nitrogen and oxygen atoms in total. The molecule has 124 heavy (non-hydrogen) atoms. The molecule has 0 spiro atoms. The number of carbonyl (C=O) groups excluding carboxylic acids is 8. The van der Waals surface area contributed by atoms with Crippen LogP contribution in [0.2, 0.25) is 0 Å². The fraction of sp³-hybridized carbons (Fsp3) is 0.441. The number of piperazine rings is 2. The lowest BCUT2D eigenvalue weighted by atomic mass is 9.83. The van der Waals surface area contributed by atoms with Gasteiger partial charge in [-0.25, -0.2) is 14.8 Å². The van der Waals surface area contributed by atoms with Gasteiger partial charge in [-0.3, -0.25) is 58.9 Å². The summed E-state index contributed by atoms with van der Waals surface area (Å²) in [5.41, 5.74) is 10.4. The van der Waals surface area contributed by atoms with Crippen LogP contribution in [0.15, 0.2) is 132 Å². The van der Waals surface area contributed by atoms with E-state index >= 15 is 17.6 Å². The molecule has 6 aromatic carbocycles. The van der Waals surface area contributed by atoms with Crippen LogP contribution >= 0.6 is 27.3 Å². The van der Waals surface area contributed by atoms with Gasteiger partial charge in [-0.15, -0.1) is 0 Å². The summed E-state index contributed by atoms with van der Waals surface area (Å²) in [6, 6.07) is 40.4. The first-order chi connectivity index (χ1) is 59.3. The largest absolute Gasteiger partial charge is 0.490 e. The number of ether oxygens (including phenoxy) is 3. The van der Waals surface area contributed by atoms with Crippen molar-refractivity contribution in [3.8, 4) is 22.6 Å². The van der Waals surface area contributed by atoms with E-state index in [9.17, 15) is 38.4 Å². The molecular formula is C93H101BrF4N14O11S. The molecule has 9 heterocycles. The number of nitrogens with one attached hydrogen (secondary N) is 3. The molecule has 6 fully saturated rings. The highest BCUT2D eigenvalue weighted by Crippen LogP contribution is 2.44. The molecule has 3 N–H and O–H groups in total. The maximum atomic E-state index is 15.9. The standard InChI is InChI=1S/C60H63F2N9O7S.C33H38BrF2N5O4/c1-35-40(41-22-24-50(64-53(41)56(75)78-59(2,3)4)71-27-26-37-10-8-12-42(45(37)34-71)54(73)66-58-63-46-13-6-7-15-49(46)79-58)11-9-14-48(35)77-39-19-16-36(17-20-39)33-60(61,62)57(76)70-30-28-69(29-31-70)38-18-21-43-47(32-38)68(5)67-52(43)44-23-25-51(72)65-55(44)74;1-20-26(34)4-3-5-28(20)45-23-9-6-21(7-10-23)19-33(35,36)32(44)41-16-14-40(15-17-41)22-8-11-24-27(18-22)39(2)38-30(24)25-12-13-29(42)37-31(25)43/h6-15,18,21-22,24,32,36,39,44H,16-17,19-20,23,25-31,33-34H2,1-5H3,(H,63,66,73)(H,65,72,74);3-5,8,11,18,21,23,25H,6-7,9-10,12-17,19H2,1-2H3,(H,37,42,43). The molecule has 2 saturated carbocycles. The zero-order valence-corrected chi connectivity index (χ0v) is 72.9. The van der Waals surface area contributed by atoms with Crippen LogP contribution in [-0.2, 0) is 60.6 Å². The number of esters is 1. The number of aryl methyl sites for hydroxylation is 2. The summed E-state index contributed by atoms with van der Waals surface area (Å²) >= 11 is 4.94. The van der Waals surface area contributed by atoms with Crippen LogP contribution in [0.5, 0.6) is 11.5 Å². The zero-order valence-electron chi connectivity index (χ0n) is 70.5. The summed E-state index contributed by atoms with van der Waals surface area (Å²) in [6.45, 7) is 12.7. The number of hydrogen-bond acceptors (Lipinski definition) is 19. The number of fused-ring (bicyclic) bond motifs is 4. The molecule has 5 aliphatic heterocycles. The van der Waals surface area contributed by atoms with Gasteiger partial charge in [0.25, 0.3) is 17.7 Å². The Labute approximate surface area is 728 Å². The molecule has 4 aromatic heterocycles. The van der Waals surface area contributed by atoms with Crippen molar-refractivity contribution in [3.05, 3.63) is 177 Å². The van der Waals surface area contributed by atoms with E-state index in [-0.39, 0.29) is 98.3 Å². The van der Waals surface area contributed by atoms with E-state index in [0.717, 1.165) is 81.4 Å². The van der Waals surface area contributed by atoms with Crippen LogP contribution in [0.25, 0.3) is 43.1 Å². The van der Waals surface area contributed by atoms with E-state index in [4.69, 9.17) is 19.2 Å². The number of pyridine rings is 1. The van der Waals surface area contributed by atoms with E-state index in [1.807, 2.05) is 169 Å². The van der Waals surface area contributed by atoms with Crippen LogP contribution in [0.4, 0.5) is 39.9 Å². The van der Waals surface area contributed by atoms with Crippen LogP contribution in [0.3, 0.4) is 0 Å². The predicted molar refractivity (Wildman–Crippen MR) is 468 cm³/mol. The second-order valence-electron chi connectivity index (χ2n) is 34.7. The quantitative estimate of drug-likeness (QED) is 0.0385. The van der Waals surface area contributed by atoms with Gasteiger partial charge in [0.15, 0.2) is 10.8 Å². The van der Waals surface area contributed by atoms with Gasteiger partial charge < -0.3 is 38.7 Å². The lowest BCUT2D eigenvalue weighted by Crippen LogP contribution is -2.53. The first-order valence-corrected chi connectivity index (χ1v) is 44.4. The summed E-state index contributed by atoms with van der Waals surface area (Å²) < 4.78 is 86.5. The van der Waals surface area contributed by atoms with Gasteiger partial charge in [0.2, 0.25) is 23.6 Å². The highest BCUT2D eigenvalue weighted by Gasteiger charge is 2.48. The number of nitrogens with zero attached hydrogens (tertiary/aromatic N) is 11. The summed E-state index contributed by atoms with van der Waals surface area (Å²) in [5, 5.41) is 19.2. The molecule has 2 unspecified atom stereocenters. The molecular weight excluding hydrogens is 1680 g/mol. The number of para-hydroxylation sites is 1. The highest BCUT2D eigenvalue weighted by atomic mass is 79.9. The Hall–Kier alpha value is -11.3. The van der Waals surface area contributed by atoms with Gasteiger partial charge in [-0.05, 0) is 224 Å². The molecule has 2 aliphatic carbocycles. The maximum absolute atomic E-state index is 15.9. The van der Waals surface area contributed by atoms with Gasteiger partial charge in [0, 0.05) is 149 Å². The van der Waals surface area contributed by atoms with Gasteiger partial charge in [0.1, 0.15) is 22.9 Å². The van der Waals surface area contributed by atoms with Crippen molar-refractivity contribution in [2.24, 2.45) is 25.9 Å².